The molecule has 4 nitrogen and oxygen atoms in total. The van der Waals surface area contributed by atoms with E-state index >= 15 is 0 Å². The van der Waals surface area contributed by atoms with Crippen molar-refractivity contribution in [2.24, 2.45) is 5.84 Å². The van der Waals surface area contributed by atoms with Crippen molar-refractivity contribution < 1.29 is 0 Å². The number of rotatable bonds is 5. The number of hydrogen-bond donors (Lipinski definition) is 2. The first-order chi connectivity index (χ1) is 9.15. The molecule has 0 spiro atoms. The van der Waals surface area contributed by atoms with Gasteiger partial charge in [0.25, 0.3) is 0 Å². The highest BCUT2D eigenvalue weighted by Gasteiger charge is 2.16. The van der Waals surface area contributed by atoms with Crippen LogP contribution < -0.4 is 11.3 Å². The molecule has 1 unspecified atom stereocenters. The zero-order valence-electron chi connectivity index (χ0n) is 11.2. The smallest absolute Gasteiger partial charge is 0.110 e. The predicted octanol–water partition coefficient (Wildman–Crippen LogP) is 2.72. The van der Waals surface area contributed by atoms with Gasteiger partial charge in [-0.05, 0) is 37.1 Å². The molecule has 19 heavy (non-hydrogen) atoms. The third-order valence-corrected chi connectivity index (χ3v) is 3.84. The number of nitrogens with two attached hydrogens (primary N) is 1. The molecule has 102 valence electrons. The summed E-state index contributed by atoms with van der Waals surface area (Å²) >= 11 is 3.51. The van der Waals surface area contributed by atoms with Gasteiger partial charge >= 0.3 is 0 Å². The van der Waals surface area contributed by atoms with Gasteiger partial charge in [0.05, 0.1) is 6.04 Å². The lowest BCUT2D eigenvalue weighted by Crippen LogP contribution is -2.31. The van der Waals surface area contributed by atoms with Crippen LogP contribution in [-0.4, -0.2) is 9.55 Å². The number of benzene rings is 1. The molecule has 2 aromatic rings. The zero-order valence-corrected chi connectivity index (χ0v) is 12.8. The molecule has 0 aliphatic carbocycles. The zero-order chi connectivity index (χ0) is 13.8. The minimum absolute atomic E-state index is 0.0604. The van der Waals surface area contributed by atoms with E-state index < -0.39 is 0 Å². The second-order valence-corrected chi connectivity index (χ2v) is 5.47. The molecule has 0 amide bonds. The van der Waals surface area contributed by atoms with E-state index in [0.717, 1.165) is 23.3 Å². The van der Waals surface area contributed by atoms with Crippen molar-refractivity contribution in [1.82, 2.24) is 15.0 Å². The van der Waals surface area contributed by atoms with E-state index in [1.807, 2.05) is 18.5 Å². The molecule has 1 heterocycles. The first-order valence-electron chi connectivity index (χ1n) is 6.38. The second-order valence-electron chi connectivity index (χ2n) is 4.55. The summed E-state index contributed by atoms with van der Waals surface area (Å²) in [7, 11) is 0. The van der Waals surface area contributed by atoms with E-state index in [9.17, 15) is 0 Å². The summed E-state index contributed by atoms with van der Waals surface area (Å²) in [6.45, 7) is 5.13. The first-order valence-corrected chi connectivity index (χ1v) is 7.17. The normalized spacial score (nSPS) is 12.6. The first kappa shape index (κ1) is 14.2. The number of halogens is 1. The SMILES string of the molecule is CCn1ccnc1CC(NN)c1cc(Br)ccc1C. The minimum Gasteiger partial charge on any atom is -0.335 e. The highest BCUT2D eigenvalue weighted by molar-refractivity contribution is 9.10. The number of nitrogens with zero attached hydrogens (tertiary/aromatic N) is 2. The highest BCUT2D eigenvalue weighted by Crippen LogP contribution is 2.24. The van der Waals surface area contributed by atoms with Gasteiger partial charge in [0.2, 0.25) is 0 Å². The molecule has 1 atom stereocenters. The van der Waals surface area contributed by atoms with Gasteiger partial charge in [-0.2, -0.15) is 0 Å². The molecule has 1 aromatic heterocycles. The Labute approximate surface area is 122 Å². The summed E-state index contributed by atoms with van der Waals surface area (Å²) in [6.07, 6.45) is 4.60. The standard InChI is InChI=1S/C14H19BrN4/c1-3-19-7-6-17-14(19)9-13(18-16)12-8-11(15)5-4-10(12)2/h4-8,13,18H,3,9,16H2,1-2H3. The topological polar surface area (TPSA) is 55.9 Å². The maximum atomic E-state index is 5.73. The number of nitrogens with one attached hydrogen (secondary N) is 1. The maximum Gasteiger partial charge on any atom is 0.110 e. The molecule has 1 aromatic carbocycles. The molecule has 0 bridgehead atoms. The third kappa shape index (κ3) is 3.23. The van der Waals surface area contributed by atoms with Crippen LogP contribution in [0.1, 0.15) is 29.9 Å². The van der Waals surface area contributed by atoms with Crippen molar-refractivity contribution in [2.45, 2.75) is 32.9 Å². The average molecular weight is 323 g/mol. The van der Waals surface area contributed by atoms with Crippen molar-refractivity contribution in [3.8, 4) is 0 Å². The maximum absolute atomic E-state index is 5.73. The van der Waals surface area contributed by atoms with E-state index in [4.69, 9.17) is 5.84 Å². The van der Waals surface area contributed by atoms with Gasteiger partial charge < -0.3 is 4.57 Å². The van der Waals surface area contributed by atoms with Crippen molar-refractivity contribution in [1.29, 1.82) is 0 Å². The Morgan fingerprint density at radius 3 is 2.95 bits per heavy atom. The molecule has 5 heteroatoms. The molecule has 0 aliphatic heterocycles. The summed E-state index contributed by atoms with van der Waals surface area (Å²) in [5.41, 5.74) is 5.32. The summed E-state index contributed by atoms with van der Waals surface area (Å²) < 4.78 is 3.20. The molecule has 0 saturated heterocycles. The fraction of sp³-hybridized carbons (Fsp3) is 0.357. The lowest BCUT2D eigenvalue weighted by Gasteiger charge is -2.19. The Morgan fingerprint density at radius 1 is 1.47 bits per heavy atom. The van der Waals surface area contributed by atoms with Gasteiger partial charge in [-0.1, -0.05) is 22.0 Å². The van der Waals surface area contributed by atoms with Crippen LogP contribution in [0.25, 0.3) is 0 Å². The van der Waals surface area contributed by atoms with Crippen LogP contribution in [0, 0.1) is 6.92 Å². The van der Waals surface area contributed by atoms with E-state index in [1.54, 1.807) is 0 Å². The van der Waals surface area contributed by atoms with Crippen LogP contribution in [0.5, 0.6) is 0 Å². The molecular weight excluding hydrogens is 304 g/mol. The number of aryl methyl sites for hydroxylation is 2. The summed E-state index contributed by atoms with van der Waals surface area (Å²) in [5.74, 6) is 6.78. The van der Waals surface area contributed by atoms with E-state index in [2.05, 4.69) is 56.9 Å². The molecule has 0 aliphatic rings. The van der Waals surface area contributed by atoms with Gasteiger partial charge in [-0.3, -0.25) is 11.3 Å². The van der Waals surface area contributed by atoms with E-state index in [1.165, 1.54) is 11.1 Å². The van der Waals surface area contributed by atoms with Crippen molar-refractivity contribution >= 4 is 15.9 Å². The molecule has 0 fully saturated rings. The van der Waals surface area contributed by atoms with Crippen molar-refractivity contribution in [3.05, 3.63) is 52.0 Å². The molecule has 0 saturated carbocycles. The molecular formula is C14H19BrN4. The van der Waals surface area contributed by atoms with Gasteiger partial charge in [-0.25, -0.2) is 4.98 Å². The summed E-state index contributed by atoms with van der Waals surface area (Å²) in [4.78, 5) is 4.41. The van der Waals surface area contributed by atoms with E-state index in [-0.39, 0.29) is 6.04 Å². The van der Waals surface area contributed by atoms with Gasteiger partial charge in [0.15, 0.2) is 0 Å². The van der Waals surface area contributed by atoms with Gasteiger partial charge in [-0.15, -0.1) is 0 Å². The number of hydrogen-bond acceptors (Lipinski definition) is 3. The van der Waals surface area contributed by atoms with Crippen LogP contribution in [0.2, 0.25) is 0 Å². The highest BCUT2D eigenvalue weighted by atomic mass is 79.9. The van der Waals surface area contributed by atoms with Gasteiger partial charge in [0, 0.05) is 29.8 Å². The lowest BCUT2D eigenvalue weighted by atomic mass is 9.99. The Morgan fingerprint density at radius 2 is 2.26 bits per heavy atom. The largest absolute Gasteiger partial charge is 0.335 e. The Balaban J connectivity index is 2.27. The fourth-order valence-corrected chi connectivity index (χ4v) is 2.62. The Hall–Kier alpha value is -1.17. The van der Waals surface area contributed by atoms with E-state index in [0.29, 0.717) is 0 Å². The quantitative estimate of drug-likeness (QED) is 0.657. The van der Waals surface area contributed by atoms with Crippen LogP contribution in [-0.2, 0) is 13.0 Å². The molecule has 2 rings (SSSR count). The number of hydrazine groups is 1. The summed E-state index contributed by atoms with van der Waals surface area (Å²) in [5, 5.41) is 0. The predicted molar refractivity (Wildman–Crippen MR) is 80.5 cm³/mol. The van der Waals surface area contributed by atoms with Gasteiger partial charge in [0.1, 0.15) is 5.82 Å². The number of imidazole rings is 1. The third-order valence-electron chi connectivity index (χ3n) is 3.35. The van der Waals surface area contributed by atoms with Crippen LogP contribution in [0.15, 0.2) is 35.1 Å². The second kappa shape index (κ2) is 6.32. The Bertz CT molecular complexity index is 550. The van der Waals surface area contributed by atoms with Crippen LogP contribution in [0.3, 0.4) is 0 Å². The van der Waals surface area contributed by atoms with Crippen LogP contribution in [0.4, 0.5) is 0 Å². The van der Waals surface area contributed by atoms with Crippen LogP contribution >= 0.6 is 15.9 Å². The van der Waals surface area contributed by atoms with Crippen molar-refractivity contribution in [3.63, 3.8) is 0 Å². The lowest BCUT2D eigenvalue weighted by molar-refractivity contribution is 0.521. The average Bonchev–Trinajstić information content (AvgIpc) is 2.86. The number of aromatic nitrogens is 2. The molecule has 3 N–H and O–H groups in total. The van der Waals surface area contributed by atoms with Crippen molar-refractivity contribution in [2.75, 3.05) is 0 Å². The molecule has 0 radical (unpaired) electrons. The fourth-order valence-electron chi connectivity index (χ4n) is 2.25. The Kier molecular flexibility index (Phi) is 4.74. The summed E-state index contributed by atoms with van der Waals surface area (Å²) in [6, 6.07) is 6.30. The minimum atomic E-state index is 0.0604. The monoisotopic (exact) mass is 322 g/mol.